The van der Waals surface area contributed by atoms with E-state index in [2.05, 4.69) is 15.3 Å². The van der Waals surface area contributed by atoms with Crippen LogP contribution in [0.25, 0.3) is 5.57 Å². The van der Waals surface area contributed by atoms with Gasteiger partial charge in [-0.3, -0.25) is 10.1 Å². The molecule has 0 fully saturated rings. The van der Waals surface area contributed by atoms with Crippen LogP contribution in [0.1, 0.15) is 22.8 Å². The molecule has 4 nitrogen and oxygen atoms in total. The Morgan fingerprint density at radius 2 is 2.10 bits per heavy atom. The van der Waals surface area contributed by atoms with Gasteiger partial charge in [-0.2, -0.15) is 0 Å². The summed E-state index contributed by atoms with van der Waals surface area (Å²) in [6.45, 7) is 3.89. The summed E-state index contributed by atoms with van der Waals surface area (Å²) in [6.07, 6.45) is 4.59. The summed E-state index contributed by atoms with van der Waals surface area (Å²) in [7, 11) is 0. The molecule has 0 spiro atoms. The van der Waals surface area contributed by atoms with Crippen molar-refractivity contribution in [2.75, 3.05) is 5.32 Å². The fraction of sp³-hybridized carbons (Fsp3) is 0.214. The molecule has 0 aromatic carbocycles. The van der Waals surface area contributed by atoms with Gasteiger partial charge in [0.1, 0.15) is 0 Å². The molecule has 2 aromatic heterocycles. The number of nitrogens with one attached hydrogen (secondary N) is 1. The number of hydrogen-bond donors (Lipinski definition) is 1. The average Bonchev–Trinajstić information content (AvgIpc) is 3.10. The van der Waals surface area contributed by atoms with Crippen LogP contribution in [0, 0.1) is 13.8 Å². The van der Waals surface area contributed by atoms with Crippen molar-refractivity contribution >= 4 is 39.3 Å². The molecule has 0 saturated carbocycles. The van der Waals surface area contributed by atoms with E-state index in [0.29, 0.717) is 11.6 Å². The quantitative estimate of drug-likeness (QED) is 0.943. The summed E-state index contributed by atoms with van der Waals surface area (Å²) in [6, 6.07) is 0. The highest BCUT2D eigenvalue weighted by atomic mass is 32.1. The molecule has 0 atom stereocenters. The maximum absolute atomic E-state index is 12.1. The lowest BCUT2D eigenvalue weighted by molar-refractivity contribution is -0.112. The second kappa shape index (κ2) is 5.30. The standard InChI is InChI=1S/C14H13N3OS2/c1-8-6-20-14(15-8)17-13(18)11-4-3-10(5-11)12-7-19-9(2)16-12/h3,5-7H,4H2,1-2H3,(H,15,17,18). The monoisotopic (exact) mass is 303 g/mol. The molecule has 0 aliphatic heterocycles. The molecule has 1 aliphatic carbocycles. The predicted molar refractivity (Wildman–Crippen MR) is 83.0 cm³/mol. The fourth-order valence-electron chi connectivity index (χ4n) is 1.95. The van der Waals surface area contributed by atoms with Crippen LogP contribution in [0.4, 0.5) is 5.13 Å². The van der Waals surface area contributed by atoms with Crippen molar-refractivity contribution < 1.29 is 4.79 Å². The maximum atomic E-state index is 12.1. The number of rotatable bonds is 3. The molecule has 0 bridgehead atoms. The second-order valence-corrected chi connectivity index (χ2v) is 6.45. The van der Waals surface area contributed by atoms with Crippen LogP contribution in [0.3, 0.4) is 0 Å². The zero-order chi connectivity index (χ0) is 14.1. The van der Waals surface area contributed by atoms with Crippen LogP contribution in [0.15, 0.2) is 28.5 Å². The number of allylic oxidation sites excluding steroid dienone is 3. The van der Waals surface area contributed by atoms with Crippen LogP contribution in [-0.4, -0.2) is 15.9 Å². The van der Waals surface area contributed by atoms with Crippen molar-refractivity contribution in [3.63, 3.8) is 0 Å². The Labute approximate surface area is 124 Å². The summed E-state index contributed by atoms with van der Waals surface area (Å²) < 4.78 is 0. The Hall–Kier alpha value is -1.79. The molecule has 1 aliphatic rings. The summed E-state index contributed by atoms with van der Waals surface area (Å²) in [4.78, 5) is 20.8. The first-order valence-corrected chi connectivity index (χ1v) is 7.94. The third-order valence-electron chi connectivity index (χ3n) is 2.92. The number of hydrogen-bond acceptors (Lipinski definition) is 5. The molecule has 2 heterocycles. The van der Waals surface area contributed by atoms with E-state index in [4.69, 9.17) is 0 Å². The van der Waals surface area contributed by atoms with E-state index >= 15 is 0 Å². The van der Waals surface area contributed by atoms with Gasteiger partial charge in [0.15, 0.2) is 5.13 Å². The van der Waals surface area contributed by atoms with Crippen molar-refractivity contribution in [1.29, 1.82) is 0 Å². The lowest BCUT2D eigenvalue weighted by atomic mass is 10.2. The lowest BCUT2D eigenvalue weighted by Gasteiger charge is -2.01. The van der Waals surface area contributed by atoms with Crippen LogP contribution < -0.4 is 5.32 Å². The molecular formula is C14H13N3OS2. The topological polar surface area (TPSA) is 54.9 Å². The maximum Gasteiger partial charge on any atom is 0.253 e. The van der Waals surface area contributed by atoms with E-state index < -0.39 is 0 Å². The SMILES string of the molecule is Cc1csc(NC(=O)C2=CC(c3csc(C)n3)=CC2)n1. The number of carbonyl (C=O) groups is 1. The fourth-order valence-corrected chi connectivity index (χ4v) is 3.25. The predicted octanol–water partition coefficient (Wildman–Crippen LogP) is 3.57. The van der Waals surface area contributed by atoms with Gasteiger partial charge in [-0.05, 0) is 31.9 Å². The van der Waals surface area contributed by atoms with E-state index in [1.54, 1.807) is 11.3 Å². The molecule has 1 N–H and O–H groups in total. The first-order valence-electron chi connectivity index (χ1n) is 6.18. The smallest absolute Gasteiger partial charge is 0.253 e. The summed E-state index contributed by atoms with van der Waals surface area (Å²) in [5.41, 5.74) is 3.64. The Morgan fingerprint density at radius 3 is 2.75 bits per heavy atom. The minimum atomic E-state index is -0.0856. The summed E-state index contributed by atoms with van der Waals surface area (Å²) in [5, 5.41) is 8.44. The number of thiazole rings is 2. The van der Waals surface area contributed by atoms with Crippen molar-refractivity contribution in [3.8, 4) is 0 Å². The molecular weight excluding hydrogens is 290 g/mol. The van der Waals surface area contributed by atoms with E-state index in [-0.39, 0.29) is 5.91 Å². The average molecular weight is 303 g/mol. The molecule has 0 saturated heterocycles. The van der Waals surface area contributed by atoms with Crippen molar-refractivity contribution in [1.82, 2.24) is 9.97 Å². The van der Waals surface area contributed by atoms with Gasteiger partial charge in [0.25, 0.3) is 5.91 Å². The molecule has 1 amide bonds. The Kier molecular flexibility index (Phi) is 3.50. The van der Waals surface area contributed by atoms with Crippen LogP contribution in [0.2, 0.25) is 0 Å². The van der Waals surface area contributed by atoms with Gasteiger partial charge >= 0.3 is 0 Å². The number of aromatic nitrogens is 2. The van der Waals surface area contributed by atoms with Gasteiger partial charge in [0.05, 0.1) is 16.4 Å². The number of carbonyl (C=O) groups excluding carboxylic acids is 1. The molecule has 3 rings (SSSR count). The number of aryl methyl sites for hydroxylation is 2. The Bertz CT molecular complexity index is 724. The summed E-state index contributed by atoms with van der Waals surface area (Å²) in [5.74, 6) is -0.0856. The Balaban J connectivity index is 1.71. The molecule has 6 heteroatoms. The van der Waals surface area contributed by atoms with Gasteiger partial charge in [0, 0.05) is 16.3 Å². The van der Waals surface area contributed by atoms with Crippen molar-refractivity contribution in [3.05, 3.63) is 44.9 Å². The molecule has 0 radical (unpaired) electrons. The Morgan fingerprint density at radius 1 is 1.25 bits per heavy atom. The summed E-state index contributed by atoms with van der Waals surface area (Å²) >= 11 is 3.06. The highest BCUT2D eigenvalue weighted by Crippen LogP contribution is 2.28. The molecule has 102 valence electrons. The molecule has 2 aromatic rings. The highest BCUT2D eigenvalue weighted by molar-refractivity contribution is 7.14. The highest BCUT2D eigenvalue weighted by Gasteiger charge is 2.17. The normalized spacial score (nSPS) is 14.1. The minimum absolute atomic E-state index is 0.0856. The van der Waals surface area contributed by atoms with Gasteiger partial charge in [-0.1, -0.05) is 6.08 Å². The van der Waals surface area contributed by atoms with E-state index in [9.17, 15) is 4.79 Å². The van der Waals surface area contributed by atoms with Crippen LogP contribution in [-0.2, 0) is 4.79 Å². The van der Waals surface area contributed by atoms with Gasteiger partial charge < -0.3 is 0 Å². The largest absolute Gasteiger partial charge is 0.298 e. The third kappa shape index (κ3) is 2.71. The third-order valence-corrected chi connectivity index (χ3v) is 4.57. The van der Waals surface area contributed by atoms with E-state index in [1.807, 2.05) is 36.8 Å². The molecule has 20 heavy (non-hydrogen) atoms. The zero-order valence-electron chi connectivity index (χ0n) is 11.1. The van der Waals surface area contributed by atoms with E-state index in [1.165, 1.54) is 11.3 Å². The first kappa shape index (κ1) is 13.2. The second-order valence-electron chi connectivity index (χ2n) is 4.53. The van der Waals surface area contributed by atoms with Crippen molar-refractivity contribution in [2.24, 2.45) is 0 Å². The van der Waals surface area contributed by atoms with Crippen LogP contribution in [0.5, 0.6) is 0 Å². The molecule has 0 unspecified atom stereocenters. The number of nitrogens with zero attached hydrogens (tertiary/aromatic N) is 2. The zero-order valence-corrected chi connectivity index (χ0v) is 12.8. The minimum Gasteiger partial charge on any atom is -0.298 e. The van der Waals surface area contributed by atoms with Crippen molar-refractivity contribution in [2.45, 2.75) is 20.3 Å². The van der Waals surface area contributed by atoms with Crippen LogP contribution >= 0.6 is 22.7 Å². The lowest BCUT2D eigenvalue weighted by Crippen LogP contribution is -2.13. The van der Waals surface area contributed by atoms with Gasteiger partial charge in [0.2, 0.25) is 0 Å². The van der Waals surface area contributed by atoms with E-state index in [0.717, 1.165) is 27.5 Å². The van der Waals surface area contributed by atoms with Gasteiger partial charge in [-0.25, -0.2) is 9.97 Å². The number of amides is 1. The number of anilines is 1. The first-order chi connectivity index (χ1) is 9.61. The van der Waals surface area contributed by atoms with Gasteiger partial charge in [-0.15, -0.1) is 22.7 Å².